The van der Waals surface area contributed by atoms with Gasteiger partial charge in [-0.3, -0.25) is 5.73 Å². The van der Waals surface area contributed by atoms with Gasteiger partial charge in [0.25, 0.3) is 0 Å². The van der Waals surface area contributed by atoms with Crippen molar-refractivity contribution in [3.63, 3.8) is 0 Å². The van der Waals surface area contributed by atoms with Crippen LogP contribution in [0.2, 0.25) is 0 Å². The molecule has 3 aromatic rings. The van der Waals surface area contributed by atoms with E-state index in [4.69, 9.17) is 15.2 Å². The summed E-state index contributed by atoms with van der Waals surface area (Å²) in [5, 5.41) is 10.4. The van der Waals surface area contributed by atoms with Gasteiger partial charge in [0.15, 0.2) is 0 Å². The Bertz CT molecular complexity index is 887. The second-order valence-electron chi connectivity index (χ2n) is 6.00. The van der Waals surface area contributed by atoms with Crippen LogP contribution in [0.3, 0.4) is 0 Å². The fraction of sp³-hybridized carbons (Fsp3) is 0.250. The zero-order valence-electron chi connectivity index (χ0n) is 14.8. The van der Waals surface area contributed by atoms with Crippen molar-refractivity contribution in [3.05, 3.63) is 61.2 Å². The first-order valence-corrected chi connectivity index (χ1v) is 8.46. The quantitative estimate of drug-likeness (QED) is 0.480. The number of imidazole rings is 1. The van der Waals surface area contributed by atoms with E-state index in [2.05, 4.69) is 6.58 Å². The number of nitrogen functional groups attached to an aromatic ring is 1. The Balaban J connectivity index is 1.73. The van der Waals surface area contributed by atoms with Crippen LogP contribution in [0.1, 0.15) is 0 Å². The maximum absolute atomic E-state index is 10.4. The van der Waals surface area contributed by atoms with E-state index in [-0.39, 0.29) is 6.61 Å². The summed E-state index contributed by atoms with van der Waals surface area (Å²) in [5.74, 6) is 2.02. The third kappa shape index (κ3) is 3.65. The topological polar surface area (TPSA) is 73.5 Å². The summed E-state index contributed by atoms with van der Waals surface area (Å²) in [6, 6.07) is 15.2. The van der Waals surface area contributed by atoms with Gasteiger partial charge in [-0.1, -0.05) is 24.8 Å². The van der Waals surface area contributed by atoms with Crippen molar-refractivity contribution in [2.75, 3.05) is 19.5 Å². The maximum Gasteiger partial charge on any atom is 0.356 e. The van der Waals surface area contributed by atoms with Crippen LogP contribution < -0.4 is 19.8 Å². The van der Waals surface area contributed by atoms with Crippen LogP contribution >= 0.6 is 0 Å². The van der Waals surface area contributed by atoms with Gasteiger partial charge in [-0.05, 0) is 36.4 Å². The monoisotopic (exact) mass is 354 g/mol. The first-order chi connectivity index (χ1) is 12.6. The molecule has 1 heterocycles. The molecule has 0 radical (unpaired) electrons. The number of para-hydroxylation sites is 2. The van der Waals surface area contributed by atoms with Gasteiger partial charge < -0.3 is 14.6 Å². The maximum atomic E-state index is 10.4. The highest BCUT2D eigenvalue weighted by Gasteiger charge is 2.22. The number of anilines is 1. The number of hydrogen-bond donors (Lipinski definition) is 2. The molecule has 0 aliphatic heterocycles. The molecule has 0 spiro atoms. The number of aliphatic hydroxyl groups is 1. The number of benzene rings is 2. The standard InChI is InChI=1S/C20H23N3O3/c1-3-12-22-18-6-4-5-7-19(18)23(20(22)21)13-15(24)14-26-17-10-8-16(25-2)9-11-17/h3-11,15,21,24H,1,12-14H2,2H3/p+1/t15-/m1/s1. The van der Waals surface area contributed by atoms with Crippen LogP contribution in [0.4, 0.5) is 5.95 Å². The van der Waals surface area contributed by atoms with Gasteiger partial charge in [-0.2, -0.15) is 0 Å². The molecule has 0 saturated carbocycles. The van der Waals surface area contributed by atoms with Crippen molar-refractivity contribution >= 4 is 17.0 Å². The fourth-order valence-corrected chi connectivity index (χ4v) is 2.95. The number of nitrogens with two attached hydrogens (primary N) is 1. The summed E-state index contributed by atoms with van der Waals surface area (Å²) in [4.78, 5) is 0. The third-order valence-electron chi connectivity index (χ3n) is 4.22. The summed E-state index contributed by atoms with van der Waals surface area (Å²) in [6.45, 7) is 4.90. The molecule has 0 unspecified atom stereocenters. The largest absolute Gasteiger partial charge is 0.497 e. The normalized spacial score (nSPS) is 12.1. The lowest BCUT2D eigenvalue weighted by Crippen LogP contribution is -2.43. The van der Waals surface area contributed by atoms with Crippen molar-refractivity contribution in [3.8, 4) is 11.5 Å². The first-order valence-electron chi connectivity index (χ1n) is 8.46. The lowest BCUT2D eigenvalue weighted by atomic mass is 10.3. The molecule has 0 saturated heterocycles. The van der Waals surface area contributed by atoms with E-state index in [9.17, 15) is 5.11 Å². The molecule has 0 aliphatic rings. The van der Waals surface area contributed by atoms with Gasteiger partial charge in [-0.15, -0.1) is 0 Å². The van der Waals surface area contributed by atoms with Crippen LogP contribution in [0.5, 0.6) is 11.5 Å². The van der Waals surface area contributed by atoms with Gasteiger partial charge in [0.2, 0.25) is 0 Å². The smallest absolute Gasteiger partial charge is 0.356 e. The molecular weight excluding hydrogens is 330 g/mol. The van der Waals surface area contributed by atoms with Crippen molar-refractivity contribution in [1.82, 2.24) is 4.57 Å². The zero-order chi connectivity index (χ0) is 18.5. The SMILES string of the molecule is C=CCn1c(N)[n+](C[C@@H](O)COc2ccc(OC)cc2)c2ccccc21. The van der Waals surface area contributed by atoms with Crippen molar-refractivity contribution in [2.24, 2.45) is 0 Å². The van der Waals surface area contributed by atoms with Crippen molar-refractivity contribution in [1.29, 1.82) is 0 Å². The predicted molar refractivity (Wildman–Crippen MR) is 101 cm³/mol. The summed E-state index contributed by atoms with van der Waals surface area (Å²) in [6.07, 6.45) is 1.10. The predicted octanol–water partition coefficient (Wildman–Crippen LogP) is 2.15. The van der Waals surface area contributed by atoms with E-state index >= 15 is 0 Å². The van der Waals surface area contributed by atoms with Gasteiger partial charge in [-0.25, -0.2) is 9.13 Å². The Morgan fingerprint density at radius 2 is 1.88 bits per heavy atom. The lowest BCUT2D eigenvalue weighted by molar-refractivity contribution is -0.665. The number of fused-ring (bicyclic) bond motifs is 1. The molecule has 136 valence electrons. The van der Waals surface area contributed by atoms with Crippen LogP contribution in [0.25, 0.3) is 11.0 Å². The Labute approximate surface area is 152 Å². The van der Waals surface area contributed by atoms with Crippen LogP contribution in [0.15, 0.2) is 61.2 Å². The number of methoxy groups -OCH3 is 1. The second kappa shape index (κ2) is 7.93. The van der Waals surface area contributed by atoms with Gasteiger partial charge in [0, 0.05) is 0 Å². The summed E-state index contributed by atoms with van der Waals surface area (Å²) in [5.41, 5.74) is 8.28. The molecule has 2 aromatic carbocycles. The molecule has 6 nitrogen and oxygen atoms in total. The molecule has 26 heavy (non-hydrogen) atoms. The molecule has 0 bridgehead atoms. The number of hydrogen-bond acceptors (Lipinski definition) is 4. The highest BCUT2D eigenvalue weighted by molar-refractivity contribution is 5.73. The molecule has 3 rings (SSSR count). The second-order valence-corrected chi connectivity index (χ2v) is 6.00. The van der Waals surface area contributed by atoms with E-state index in [1.165, 1.54) is 0 Å². The first kappa shape index (κ1) is 17.8. The number of aliphatic hydroxyl groups excluding tert-OH is 1. The van der Waals surface area contributed by atoms with Gasteiger partial charge in [0.1, 0.15) is 41.8 Å². The minimum Gasteiger partial charge on any atom is -0.497 e. The molecule has 3 N–H and O–H groups in total. The van der Waals surface area contributed by atoms with Crippen LogP contribution in [-0.2, 0) is 13.1 Å². The Hall–Kier alpha value is -2.99. The van der Waals surface area contributed by atoms with E-state index in [1.54, 1.807) is 13.2 Å². The molecule has 1 atom stereocenters. The van der Waals surface area contributed by atoms with E-state index < -0.39 is 6.10 Å². The lowest BCUT2D eigenvalue weighted by Gasteiger charge is -2.12. The summed E-state index contributed by atoms with van der Waals surface area (Å²) >= 11 is 0. The van der Waals surface area contributed by atoms with Gasteiger partial charge >= 0.3 is 5.95 Å². The van der Waals surface area contributed by atoms with Gasteiger partial charge in [0.05, 0.1) is 13.7 Å². The average molecular weight is 354 g/mol. The Morgan fingerprint density at radius 3 is 2.58 bits per heavy atom. The number of nitrogens with zero attached hydrogens (tertiary/aromatic N) is 2. The highest BCUT2D eigenvalue weighted by Crippen LogP contribution is 2.18. The number of rotatable bonds is 8. The average Bonchev–Trinajstić information content (AvgIpc) is 2.93. The molecule has 6 heteroatoms. The van der Waals surface area contributed by atoms with Crippen molar-refractivity contribution in [2.45, 2.75) is 19.2 Å². The minimum atomic E-state index is -0.701. The third-order valence-corrected chi connectivity index (χ3v) is 4.22. The van der Waals surface area contributed by atoms with Crippen molar-refractivity contribution < 1.29 is 19.1 Å². The summed E-state index contributed by atoms with van der Waals surface area (Å²) < 4.78 is 14.7. The molecule has 0 amide bonds. The van der Waals surface area contributed by atoms with E-state index in [0.717, 1.165) is 16.8 Å². The molecule has 1 aromatic heterocycles. The molecule has 0 aliphatic carbocycles. The van der Waals surface area contributed by atoms with Crippen LogP contribution in [-0.4, -0.2) is 29.5 Å². The Kier molecular flexibility index (Phi) is 5.43. The zero-order valence-corrected chi connectivity index (χ0v) is 14.8. The molecule has 0 fully saturated rings. The van der Waals surface area contributed by atoms with E-state index in [0.29, 0.717) is 24.8 Å². The number of ether oxygens (including phenoxy) is 2. The van der Waals surface area contributed by atoms with Crippen LogP contribution in [0, 0.1) is 0 Å². The number of aromatic nitrogens is 2. The Morgan fingerprint density at radius 1 is 1.19 bits per heavy atom. The fourth-order valence-electron chi connectivity index (χ4n) is 2.95. The minimum absolute atomic E-state index is 0.166. The van der Waals surface area contributed by atoms with E-state index in [1.807, 2.05) is 57.7 Å². The highest BCUT2D eigenvalue weighted by atomic mass is 16.5. The number of allylic oxidation sites excluding steroid dienone is 1. The summed E-state index contributed by atoms with van der Waals surface area (Å²) in [7, 11) is 1.62. The molecular formula is C20H24N3O3+.